The number of amides is 2. The standard InChI is InChI=1S/C29H32N8O3.C21H25BrN4O3.C15H20BN3O2.C2H4Cl2/c1-29(2,3)40-28(39)36-12-10-20(11-13-36)37-26-21-14-18(6-8-22(21)31-16-25(26)35(5)27(37)38)19-7-9-23(30-15-19)24-17-34(4)33-32-24;1-21(2,3)29-20(28)25-9-7-14(8-10-25)26-18-15-11-13(22)5-6-16(15)23-12-17(18)24(4)19(26)27;1-14(2)15(3,4)21-16(20-14)12-6-7-13(17-9-12)11-8-18-19(5)10-11;1-2(3)4/h6-9,14-17,20H,10-13H2,1-5H3;5-6,11-12,14H,7-10H2,1-4H3;6-10H,1-5H3;2H,1H3. The predicted octanol–water partition coefficient (Wildman–Crippen LogP) is 12.1. The normalized spacial score (nSPS) is 16.1. The highest BCUT2D eigenvalue weighted by Crippen LogP contribution is 2.38. The van der Waals surface area contributed by atoms with Crippen LogP contribution in [0.3, 0.4) is 0 Å². The summed E-state index contributed by atoms with van der Waals surface area (Å²) in [7, 11) is 6.90. The summed E-state index contributed by atoms with van der Waals surface area (Å²) < 4.78 is 34.5. The second-order valence-corrected chi connectivity index (χ2v) is 29.3. The number of carbonyl (C=O) groups excluding carboxylic acids is 2. The van der Waals surface area contributed by atoms with Crippen LogP contribution in [-0.2, 0) is 47.0 Å². The van der Waals surface area contributed by atoms with Gasteiger partial charge in [-0.1, -0.05) is 39.3 Å². The maximum absolute atomic E-state index is 13.5. The molecule has 3 aliphatic heterocycles. The van der Waals surface area contributed by atoms with E-state index in [9.17, 15) is 19.2 Å². The number of alkyl halides is 2. The number of piperidine rings is 2. The van der Waals surface area contributed by atoms with E-state index in [-0.39, 0.29) is 58.8 Å². The molecule has 94 heavy (non-hydrogen) atoms. The molecule has 27 heteroatoms. The van der Waals surface area contributed by atoms with E-state index in [4.69, 9.17) is 42.0 Å². The number of hydrogen-bond donors (Lipinski definition) is 0. The monoisotopic (exact) mass is 1380 g/mol. The summed E-state index contributed by atoms with van der Waals surface area (Å²) in [6.07, 6.45) is 14.9. The van der Waals surface area contributed by atoms with E-state index < -0.39 is 11.2 Å². The molecule has 23 nitrogen and oxygen atoms in total. The first-order chi connectivity index (χ1) is 44.3. The lowest BCUT2D eigenvalue weighted by atomic mass is 9.80. The van der Waals surface area contributed by atoms with E-state index in [1.54, 1.807) is 67.9 Å². The second-order valence-electron chi connectivity index (χ2n) is 26.9. The van der Waals surface area contributed by atoms with Gasteiger partial charge in [-0.15, -0.1) is 28.3 Å². The smallest absolute Gasteiger partial charge is 0.444 e. The van der Waals surface area contributed by atoms with Crippen molar-refractivity contribution in [2.75, 3.05) is 26.2 Å². The number of nitrogens with zero attached hydrogens (tertiary/aromatic N) is 15. The van der Waals surface area contributed by atoms with Gasteiger partial charge in [0, 0.05) is 117 Å². The molecule has 13 rings (SSSR count). The van der Waals surface area contributed by atoms with Crippen LogP contribution in [0.1, 0.15) is 114 Å². The first-order valence-corrected chi connectivity index (χ1v) is 33.0. The van der Waals surface area contributed by atoms with E-state index in [0.717, 1.165) is 81.9 Å². The van der Waals surface area contributed by atoms with Gasteiger partial charge < -0.3 is 28.6 Å². The number of pyridine rings is 4. The average Bonchev–Trinajstić information content (AvgIpc) is 1.58. The molecule has 10 aromatic rings. The third kappa shape index (κ3) is 15.2. The average molecular weight is 1390 g/mol. The Morgan fingerprint density at radius 3 is 1.51 bits per heavy atom. The third-order valence-corrected chi connectivity index (χ3v) is 17.5. The fraction of sp³-hybridized carbons (Fsp3) is 0.448. The summed E-state index contributed by atoms with van der Waals surface area (Å²) >= 11 is 13.6. The number of fused-ring (bicyclic) bond motifs is 6. The fourth-order valence-corrected chi connectivity index (χ4v) is 11.9. The lowest BCUT2D eigenvalue weighted by molar-refractivity contribution is 0.00578. The lowest BCUT2D eigenvalue weighted by Gasteiger charge is -2.33. The maximum Gasteiger partial charge on any atom is 0.496 e. The number of benzene rings is 2. The lowest BCUT2D eigenvalue weighted by Crippen LogP contribution is -2.43. The zero-order valence-electron chi connectivity index (χ0n) is 55.9. The van der Waals surface area contributed by atoms with Crippen molar-refractivity contribution in [3.63, 3.8) is 0 Å². The number of rotatable bonds is 6. The Labute approximate surface area is 564 Å². The van der Waals surface area contributed by atoms with Gasteiger partial charge in [0.15, 0.2) is 0 Å². The van der Waals surface area contributed by atoms with E-state index >= 15 is 0 Å². The molecule has 496 valence electrons. The van der Waals surface area contributed by atoms with Crippen molar-refractivity contribution in [3.05, 3.63) is 129 Å². The molecule has 0 saturated carbocycles. The summed E-state index contributed by atoms with van der Waals surface area (Å²) in [5, 5.41) is 14.1. The zero-order valence-corrected chi connectivity index (χ0v) is 59.0. The first-order valence-electron chi connectivity index (χ1n) is 31.3. The molecule has 0 spiro atoms. The predicted molar refractivity (Wildman–Crippen MR) is 371 cm³/mol. The van der Waals surface area contributed by atoms with Gasteiger partial charge in [-0.2, -0.15) is 5.10 Å². The number of aryl methyl sites for hydroxylation is 4. The molecule has 0 N–H and O–H groups in total. The maximum atomic E-state index is 13.5. The first kappa shape index (κ1) is 68.9. The van der Waals surface area contributed by atoms with Gasteiger partial charge in [0.05, 0.1) is 80.5 Å². The Morgan fingerprint density at radius 1 is 0.596 bits per heavy atom. The van der Waals surface area contributed by atoms with Gasteiger partial charge in [-0.05, 0) is 150 Å². The molecule has 11 heterocycles. The minimum Gasteiger partial charge on any atom is -0.444 e. The molecule has 3 fully saturated rings. The quantitative estimate of drug-likeness (QED) is 0.111. The van der Waals surface area contributed by atoms with Gasteiger partial charge in [0.2, 0.25) is 0 Å². The van der Waals surface area contributed by atoms with Crippen molar-refractivity contribution >= 4 is 108 Å². The van der Waals surface area contributed by atoms with E-state index in [1.807, 2.05) is 172 Å². The minimum absolute atomic E-state index is 0.0227. The molecule has 3 saturated heterocycles. The van der Waals surface area contributed by atoms with Crippen molar-refractivity contribution < 1.29 is 28.4 Å². The SMILES string of the molecule is CC(Cl)Cl.Cn1c(=O)n(C2CCN(C(=O)OC(C)(C)C)CC2)c2c3cc(Br)ccc3ncc21.Cn1cc(-c2ccc(-c3ccc4ncc5c(c4c3)n(C3CCN(C(=O)OC(C)(C)C)CC3)c(=O)n5C)cn2)nn1.Cn1cc(-c2ccc(B3OC(C)(C)C(C)(C)O3)cn2)cn1. The summed E-state index contributed by atoms with van der Waals surface area (Å²) in [5.74, 6) is 0. The van der Waals surface area contributed by atoms with Crippen LogP contribution >= 0.6 is 39.1 Å². The van der Waals surface area contributed by atoms with Gasteiger partial charge in [0.25, 0.3) is 0 Å². The molecule has 0 unspecified atom stereocenters. The summed E-state index contributed by atoms with van der Waals surface area (Å²) in [4.78, 5) is 73.1. The Balaban J connectivity index is 0.000000157. The number of likely N-dealkylation sites (tertiary alicyclic amines) is 2. The van der Waals surface area contributed by atoms with Gasteiger partial charge >= 0.3 is 30.7 Å². The van der Waals surface area contributed by atoms with Gasteiger partial charge in [-0.3, -0.25) is 47.6 Å². The van der Waals surface area contributed by atoms with Gasteiger partial charge in [0.1, 0.15) is 21.7 Å². The van der Waals surface area contributed by atoms with E-state index in [2.05, 4.69) is 57.3 Å². The second kappa shape index (κ2) is 27.4. The van der Waals surface area contributed by atoms with Gasteiger partial charge in [-0.25, -0.2) is 19.2 Å². The Kier molecular flexibility index (Phi) is 20.1. The molecule has 8 aromatic heterocycles. The van der Waals surface area contributed by atoms with E-state index in [1.165, 1.54) is 0 Å². The number of hydrogen-bond acceptors (Lipinski definition) is 15. The number of carbonyl (C=O) groups is 2. The van der Waals surface area contributed by atoms with Crippen LogP contribution in [0.5, 0.6) is 0 Å². The van der Waals surface area contributed by atoms with Crippen LogP contribution in [0.4, 0.5) is 9.59 Å². The molecular weight excluding hydrogens is 1300 g/mol. The number of aromatic nitrogens is 13. The Hall–Kier alpha value is -7.97. The molecule has 0 bridgehead atoms. The van der Waals surface area contributed by atoms with Crippen LogP contribution in [0.2, 0.25) is 0 Å². The van der Waals surface area contributed by atoms with Crippen LogP contribution in [0, 0.1) is 0 Å². The Bertz CT molecular complexity index is 4490. The molecule has 0 aliphatic carbocycles. The molecule has 3 aliphatic rings. The molecule has 0 atom stereocenters. The minimum atomic E-state index is -0.546. The van der Waals surface area contributed by atoms with Crippen LogP contribution in [0.15, 0.2) is 118 Å². The van der Waals surface area contributed by atoms with Crippen LogP contribution in [-0.4, -0.2) is 146 Å². The topological polar surface area (TPSA) is 231 Å². The van der Waals surface area contributed by atoms with Crippen molar-refractivity contribution in [2.45, 2.75) is 141 Å². The molecular formula is C67H81BBrCl2N15O8. The summed E-state index contributed by atoms with van der Waals surface area (Å²) in [6, 6.07) is 19.9. The fourth-order valence-electron chi connectivity index (χ4n) is 11.6. The van der Waals surface area contributed by atoms with E-state index in [0.29, 0.717) is 57.6 Å². The Morgan fingerprint density at radius 2 is 1.07 bits per heavy atom. The van der Waals surface area contributed by atoms with Crippen molar-refractivity contribution in [1.82, 2.24) is 72.8 Å². The molecule has 2 aromatic carbocycles. The summed E-state index contributed by atoms with van der Waals surface area (Å²) in [5.41, 5.74) is 9.36. The highest BCUT2D eigenvalue weighted by molar-refractivity contribution is 9.10. The van der Waals surface area contributed by atoms with Crippen LogP contribution in [0.25, 0.3) is 77.6 Å². The van der Waals surface area contributed by atoms with Crippen LogP contribution < -0.4 is 16.8 Å². The van der Waals surface area contributed by atoms with Crippen molar-refractivity contribution in [3.8, 4) is 33.8 Å². The number of imidazole rings is 2. The zero-order chi connectivity index (χ0) is 67.9. The molecule has 2 amide bonds. The van der Waals surface area contributed by atoms with Crippen molar-refractivity contribution in [2.24, 2.45) is 28.2 Å². The largest absolute Gasteiger partial charge is 0.496 e. The highest BCUT2D eigenvalue weighted by Gasteiger charge is 2.52. The third-order valence-electron chi connectivity index (χ3n) is 17.0. The molecule has 0 radical (unpaired) electrons. The highest BCUT2D eigenvalue weighted by atomic mass is 79.9. The number of halogens is 3. The number of ether oxygens (including phenoxy) is 2. The van der Waals surface area contributed by atoms with Crippen molar-refractivity contribution in [1.29, 1.82) is 0 Å². The summed E-state index contributed by atoms with van der Waals surface area (Å²) in [6.45, 7) is 23.3.